The SMILES string of the molecule is Cc1nc(N=C(N)N)sc1C(=O)N1CC[C@@H](COCC(=O)OC(C)(C)C)C1. The second-order valence-electron chi connectivity index (χ2n) is 7.46. The molecular formula is C17H27N5O4S. The number of thiazole rings is 1. The topological polar surface area (TPSA) is 133 Å². The van der Waals surface area contributed by atoms with Gasteiger partial charge in [-0.2, -0.15) is 4.99 Å². The summed E-state index contributed by atoms with van der Waals surface area (Å²) >= 11 is 1.17. The van der Waals surface area contributed by atoms with E-state index in [2.05, 4.69) is 9.98 Å². The highest BCUT2D eigenvalue weighted by Crippen LogP contribution is 2.28. The molecule has 0 unspecified atom stereocenters. The lowest BCUT2D eigenvalue weighted by molar-refractivity contribution is -0.160. The van der Waals surface area contributed by atoms with Crippen LogP contribution >= 0.6 is 11.3 Å². The van der Waals surface area contributed by atoms with Crippen LogP contribution in [0.4, 0.5) is 5.13 Å². The van der Waals surface area contributed by atoms with E-state index in [4.69, 9.17) is 20.9 Å². The highest BCUT2D eigenvalue weighted by atomic mass is 32.1. The van der Waals surface area contributed by atoms with Gasteiger partial charge in [-0.3, -0.25) is 4.79 Å². The van der Waals surface area contributed by atoms with Gasteiger partial charge in [-0.05, 0) is 34.1 Å². The van der Waals surface area contributed by atoms with Gasteiger partial charge in [0.05, 0.1) is 12.3 Å². The van der Waals surface area contributed by atoms with E-state index in [0.29, 0.717) is 35.4 Å². The quantitative estimate of drug-likeness (QED) is 0.418. The van der Waals surface area contributed by atoms with Gasteiger partial charge in [-0.25, -0.2) is 9.78 Å². The van der Waals surface area contributed by atoms with Crippen LogP contribution in [0.5, 0.6) is 0 Å². The van der Waals surface area contributed by atoms with Gasteiger partial charge >= 0.3 is 5.97 Å². The summed E-state index contributed by atoms with van der Waals surface area (Å²) < 4.78 is 10.7. The Morgan fingerprint density at radius 2 is 2.07 bits per heavy atom. The molecule has 1 saturated heterocycles. The van der Waals surface area contributed by atoms with Crippen LogP contribution < -0.4 is 11.5 Å². The first kappa shape index (κ1) is 21.1. The Morgan fingerprint density at radius 1 is 1.37 bits per heavy atom. The van der Waals surface area contributed by atoms with Crippen molar-refractivity contribution in [1.29, 1.82) is 0 Å². The highest BCUT2D eigenvalue weighted by Gasteiger charge is 2.29. The summed E-state index contributed by atoms with van der Waals surface area (Å²) in [4.78, 5) is 34.8. The number of carbonyl (C=O) groups excluding carboxylic acids is 2. The molecule has 0 bridgehead atoms. The largest absolute Gasteiger partial charge is 0.458 e. The zero-order valence-corrected chi connectivity index (χ0v) is 17.0. The Morgan fingerprint density at radius 3 is 2.70 bits per heavy atom. The van der Waals surface area contributed by atoms with Gasteiger partial charge in [0.15, 0.2) is 5.96 Å². The monoisotopic (exact) mass is 397 g/mol. The minimum atomic E-state index is -0.527. The molecule has 1 aromatic rings. The lowest BCUT2D eigenvalue weighted by Crippen LogP contribution is -2.30. The number of amides is 1. The summed E-state index contributed by atoms with van der Waals surface area (Å²) in [5.74, 6) is -0.384. The zero-order valence-electron chi connectivity index (χ0n) is 16.2. The van der Waals surface area contributed by atoms with Gasteiger partial charge in [0.1, 0.15) is 17.1 Å². The molecule has 1 aliphatic rings. The molecule has 9 nitrogen and oxygen atoms in total. The van der Waals surface area contributed by atoms with Crippen LogP contribution in [0.25, 0.3) is 0 Å². The summed E-state index contributed by atoms with van der Waals surface area (Å²) in [5.41, 5.74) is 10.8. The second-order valence-corrected chi connectivity index (χ2v) is 8.43. The average Bonchev–Trinajstić information content (AvgIpc) is 3.11. The average molecular weight is 398 g/mol. The van der Waals surface area contributed by atoms with Gasteiger partial charge in [-0.1, -0.05) is 11.3 Å². The lowest BCUT2D eigenvalue weighted by Gasteiger charge is -2.20. The number of aryl methyl sites for hydroxylation is 1. The smallest absolute Gasteiger partial charge is 0.332 e. The Labute approximate surface area is 162 Å². The molecule has 2 heterocycles. The summed E-state index contributed by atoms with van der Waals surface area (Å²) in [7, 11) is 0. The van der Waals surface area contributed by atoms with Crippen molar-refractivity contribution in [3.8, 4) is 0 Å². The molecule has 2 rings (SSSR count). The third-order valence-corrected chi connectivity index (χ3v) is 4.81. The van der Waals surface area contributed by atoms with Crippen molar-refractivity contribution in [3.63, 3.8) is 0 Å². The number of carbonyl (C=O) groups is 2. The van der Waals surface area contributed by atoms with E-state index in [1.807, 2.05) is 20.8 Å². The molecule has 1 aliphatic heterocycles. The number of likely N-dealkylation sites (tertiary alicyclic amines) is 1. The first-order chi connectivity index (χ1) is 12.5. The molecule has 1 fully saturated rings. The summed E-state index contributed by atoms with van der Waals surface area (Å²) in [6, 6.07) is 0. The molecule has 27 heavy (non-hydrogen) atoms. The minimum absolute atomic E-state index is 0.0858. The normalized spacial score (nSPS) is 17.0. The molecule has 10 heteroatoms. The lowest BCUT2D eigenvalue weighted by atomic mass is 10.1. The van der Waals surface area contributed by atoms with E-state index in [0.717, 1.165) is 6.42 Å². The molecule has 0 aromatic carbocycles. The Balaban J connectivity index is 1.83. The predicted octanol–water partition coefficient (Wildman–Crippen LogP) is 1.18. The van der Waals surface area contributed by atoms with E-state index in [1.54, 1.807) is 11.8 Å². The number of hydrogen-bond acceptors (Lipinski definition) is 7. The van der Waals surface area contributed by atoms with Crippen molar-refractivity contribution in [2.24, 2.45) is 22.4 Å². The van der Waals surface area contributed by atoms with Gasteiger partial charge in [0, 0.05) is 19.0 Å². The second kappa shape index (κ2) is 8.66. The molecule has 0 radical (unpaired) electrons. The van der Waals surface area contributed by atoms with Crippen LogP contribution in [-0.4, -0.2) is 59.6 Å². The van der Waals surface area contributed by atoms with Crippen LogP contribution in [0.15, 0.2) is 4.99 Å². The molecule has 0 saturated carbocycles. The van der Waals surface area contributed by atoms with Crippen LogP contribution in [0.3, 0.4) is 0 Å². The van der Waals surface area contributed by atoms with Gasteiger partial charge < -0.3 is 25.8 Å². The fourth-order valence-corrected chi connectivity index (χ4v) is 3.64. The number of guanidine groups is 1. The third kappa shape index (κ3) is 6.47. The summed E-state index contributed by atoms with van der Waals surface area (Å²) in [6.45, 7) is 8.72. The number of rotatable bonds is 6. The third-order valence-electron chi connectivity index (χ3n) is 3.77. The Hall–Kier alpha value is -2.20. The number of aliphatic imine (C=N–C) groups is 1. The molecule has 1 atom stereocenters. The maximum Gasteiger partial charge on any atom is 0.332 e. The molecular weight excluding hydrogens is 370 g/mol. The van der Waals surface area contributed by atoms with E-state index in [-0.39, 0.29) is 30.4 Å². The maximum atomic E-state index is 12.7. The number of aromatic nitrogens is 1. The molecule has 1 amide bonds. The van der Waals surface area contributed by atoms with Crippen LogP contribution in [0.1, 0.15) is 42.6 Å². The summed E-state index contributed by atoms with van der Waals surface area (Å²) in [6.07, 6.45) is 0.818. The minimum Gasteiger partial charge on any atom is -0.458 e. The van der Waals surface area contributed by atoms with E-state index >= 15 is 0 Å². The molecule has 150 valence electrons. The Kier molecular flexibility index (Phi) is 6.77. The van der Waals surface area contributed by atoms with Crippen molar-refractivity contribution in [1.82, 2.24) is 9.88 Å². The standard InChI is InChI=1S/C17H27N5O4S/c1-10-13(27-16(20-10)21-15(18)19)14(24)22-6-5-11(7-22)8-25-9-12(23)26-17(2,3)4/h11H,5-9H2,1-4H3,(H4,18,19,20,21)/t11-/m1/s1. The number of nitrogens with zero attached hydrogens (tertiary/aromatic N) is 3. The van der Waals surface area contributed by atoms with Gasteiger partial charge in [0.25, 0.3) is 5.91 Å². The van der Waals surface area contributed by atoms with E-state index < -0.39 is 5.60 Å². The van der Waals surface area contributed by atoms with Crippen LogP contribution in [-0.2, 0) is 14.3 Å². The van der Waals surface area contributed by atoms with Crippen LogP contribution in [0.2, 0.25) is 0 Å². The van der Waals surface area contributed by atoms with Crippen molar-refractivity contribution in [2.45, 2.75) is 39.7 Å². The first-order valence-electron chi connectivity index (χ1n) is 8.71. The Bertz CT molecular complexity index is 721. The number of esters is 1. The zero-order chi connectivity index (χ0) is 20.2. The van der Waals surface area contributed by atoms with Gasteiger partial charge in [0.2, 0.25) is 5.13 Å². The molecule has 0 spiro atoms. The fourth-order valence-electron chi connectivity index (χ4n) is 2.72. The van der Waals surface area contributed by atoms with Gasteiger partial charge in [-0.15, -0.1) is 0 Å². The van der Waals surface area contributed by atoms with Crippen molar-refractivity contribution in [2.75, 3.05) is 26.3 Å². The maximum absolute atomic E-state index is 12.7. The summed E-state index contributed by atoms with van der Waals surface area (Å²) in [5, 5.41) is 0.368. The van der Waals surface area contributed by atoms with Crippen molar-refractivity contribution < 1.29 is 19.1 Å². The number of nitrogens with two attached hydrogens (primary N) is 2. The van der Waals surface area contributed by atoms with Crippen molar-refractivity contribution in [3.05, 3.63) is 10.6 Å². The van der Waals surface area contributed by atoms with E-state index in [9.17, 15) is 9.59 Å². The fraction of sp³-hybridized carbons (Fsp3) is 0.647. The van der Waals surface area contributed by atoms with Crippen molar-refractivity contribution >= 4 is 34.3 Å². The highest BCUT2D eigenvalue weighted by molar-refractivity contribution is 7.17. The first-order valence-corrected chi connectivity index (χ1v) is 9.52. The van der Waals surface area contributed by atoms with E-state index in [1.165, 1.54) is 11.3 Å². The number of hydrogen-bond donors (Lipinski definition) is 2. The predicted molar refractivity (Wildman–Crippen MR) is 103 cm³/mol. The molecule has 0 aliphatic carbocycles. The van der Waals surface area contributed by atoms with Crippen LogP contribution in [0, 0.1) is 12.8 Å². The molecule has 1 aromatic heterocycles. The molecule has 4 N–H and O–H groups in total. The number of ether oxygens (including phenoxy) is 2.